The summed E-state index contributed by atoms with van der Waals surface area (Å²) in [5, 5.41) is 8.02. The van der Waals surface area contributed by atoms with Crippen molar-refractivity contribution < 1.29 is 23.6 Å². The van der Waals surface area contributed by atoms with Gasteiger partial charge in [0.1, 0.15) is 19.5 Å². The van der Waals surface area contributed by atoms with Crippen LogP contribution < -0.4 is 0 Å². The second-order valence-electron chi connectivity index (χ2n) is 6.29. The summed E-state index contributed by atoms with van der Waals surface area (Å²) < 4.78 is 18.7. The number of oxime groups is 2. The van der Waals surface area contributed by atoms with E-state index < -0.39 is 5.97 Å². The average Bonchev–Trinajstić information content (AvgIpc) is 3.11. The first-order valence-electron chi connectivity index (χ1n) is 8.81. The van der Waals surface area contributed by atoms with E-state index in [9.17, 15) is 9.18 Å². The van der Waals surface area contributed by atoms with E-state index in [0.717, 1.165) is 16.7 Å². The van der Waals surface area contributed by atoms with Gasteiger partial charge in [0.2, 0.25) is 0 Å². The quantitative estimate of drug-likeness (QED) is 0.434. The third-order valence-electron chi connectivity index (χ3n) is 4.65. The summed E-state index contributed by atoms with van der Waals surface area (Å²) in [6.07, 6.45) is 1.22. The predicted molar refractivity (Wildman–Crippen MR) is 103 cm³/mol. The van der Waals surface area contributed by atoms with Gasteiger partial charge in [-0.15, -0.1) is 0 Å². The molecule has 28 heavy (non-hydrogen) atoms. The van der Waals surface area contributed by atoms with Crippen LogP contribution in [0, 0.1) is 12.7 Å². The number of esters is 1. The predicted octanol–water partition coefficient (Wildman–Crippen LogP) is 3.52. The molecule has 0 N–H and O–H groups in total. The van der Waals surface area contributed by atoms with Crippen molar-refractivity contribution in [2.75, 3.05) is 14.2 Å². The van der Waals surface area contributed by atoms with Gasteiger partial charge in [0.25, 0.3) is 0 Å². The van der Waals surface area contributed by atoms with Crippen LogP contribution in [0.5, 0.6) is 0 Å². The Bertz CT molecular complexity index is 953. The van der Waals surface area contributed by atoms with Crippen LogP contribution in [0.1, 0.15) is 34.2 Å². The third kappa shape index (κ3) is 3.88. The van der Waals surface area contributed by atoms with Crippen molar-refractivity contribution in [1.29, 1.82) is 0 Å². The van der Waals surface area contributed by atoms with E-state index in [1.807, 2.05) is 25.1 Å². The molecule has 1 aliphatic carbocycles. The molecule has 0 bridgehead atoms. The molecule has 0 heterocycles. The summed E-state index contributed by atoms with van der Waals surface area (Å²) in [5.41, 5.74) is 4.40. The van der Waals surface area contributed by atoms with E-state index >= 15 is 0 Å². The molecule has 7 heteroatoms. The number of nitrogens with zero attached hydrogens (tertiary/aromatic N) is 2. The van der Waals surface area contributed by atoms with Crippen molar-refractivity contribution in [2.24, 2.45) is 10.3 Å². The molecule has 0 aromatic heterocycles. The van der Waals surface area contributed by atoms with Crippen LogP contribution in [0.3, 0.4) is 0 Å². The first-order chi connectivity index (χ1) is 13.6. The molecule has 146 valence electrons. The zero-order valence-corrected chi connectivity index (χ0v) is 16.0. The zero-order valence-electron chi connectivity index (χ0n) is 16.0. The molecule has 0 saturated carbocycles. The van der Waals surface area contributed by atoms with E-state index in [2.05, 4.69) is 10.3 Å². The highest BCUT2D eigenvalue weighted by Crippen LogP contribution is 2.25. The fraction of sp³-hybridized carbons (Fsp3) is 0.286. The van der Waals surface area contributed by atoms with Crippen molar-refractivity contribution in [3.63, 3.8) is 0 Å². The third-order valence-corrected chi connectivity index (χ3v) is 4.65. The molecule has 0 unspecified atom stereocenters. The number of hydrogen-bond acceptors (Lipinski definition) is 6. The molecule has 6 nitrogen and oxygen atoms in total. The van der Waals surface area contributed by atoms with Crippen molar-refractivity contribution in [2.45, 2.75) is 26.4 Å². The van der Waals surface area contributed by atoms with Gasteiger partial charge in [-0.2, -0.15) is 0 Å². The van der Waals surface area contributed by atoms with Crippen molar-refractivity contribution >= 4 is 17.4 Å². The van der Waals surface area contributed by atoms with Crippen LogP contribution in [0.2, 0.25) is 0 Å². The van der Waals surface area contributed by atoms with Gasteiger partial charge in [-0.3, -0.25) is 0 Å². The molecule has 0 amide bonds. The highest BCUT2D eigenvalue weighted by molar-refractivity contribution is 6.43. The molecule has 3 rings (SSSR count). The number of ether oxygens (including phenoxy) is 1. The maximum atomic E-state index is 13.9. The van der Waals surface area contributed by atoms with Gasteiger partial charge in [-0.1, -0.05) is 40.6 Å². The number of carbonyl (C=O) groups is 1. The van der Waals surface area contributed by atoms with E-state index in [1.54, 1.807) is 12.1 Å². The lowest BCUT2D eigenvalue weighted by Crippen LogP contribution is -2.20. The summed E-state index contributed by atoms with van der Waals surface area (Å²) in [7, 11) is 2.64. The highest BCUT2D eigenvalue weighted by Gasteiger charge is 2.23. The largest absolute Gasteiger partial charge is 0.464 e. The van der Waals surface area contributed by atoms with Crippen LogP contribution in [0.25, 0.3) is 0 Å². The van der Waals surface area contributed by atoms with Gasteiger partial charge in [-0.05, 0) is 37.0 Å². The Kier molecular flexibility index (Phi) is 6.03. The maximum absolute atomic E-state index is 13.9. The maximum Gasteiger partial charge on any atom is 0.360 e. The fourth-order valence-electron chi connectivity index (χ4n) is 3.23. The van der Waals surface area contributed by atoms with Gasteiger partial charge in [0.15, 0.2) is 5.71 Å². The Balaban J connectivity index is 1.86. The standard InChI is InChI=1S/C21H21FN2O4/c1-13-6-4-8-16(20(24-27-3)21(25)26-2)17(13)12-28-23-19-11-10-14-15(19)7-5-9-18(14)22/h4-9H,10-12H2,1-3H3/b23-19+,24-20+. The van der Waals surface area contributed by atoms with Crippen LogP contribution in [0.15, 0.2) is 46.7 Å². The molecule has 0 radical (unpaired) electrons. The summed E-state index contributed by atoms with van der Waals surface area (Å²) in [6, 6.07) is 10.4. The Labute approximate surface area is 162 Å². The molecule has 2 aromatic rings. The lowest BCUT2D eigenvalue weighted by Gasteiger charge is -2.12. The number of fused-ring (bicyclic) bond motifs is 1. The first-order valence-corrected chi connectivity index (χ1v) is 8.81. The SMILES string of the molecule is CO/N=C(/C(=O)OC)c1cccc(C)c1CO/N=C1\CCc2c(F)cccc21. The molecule has 0 saturated heterocycles. The van der Waals surface area contributed by atoms with Crippen molar-refractivity contribution in [1.82, 2.24) is 0 Å². The van der Waals surface area contributed by atoms with E-state index in [-0.39, 0.29) is 18.1 Å². The smallest absolute Gasteiger partial charge is 0.360 e. The van der Waals surface area contributed by atoms with Gasteiger partial charge in [0, 0.05) is 16.7 Å². The van der Waals surface area contributed by atoms with Crippen LogP contribution in [-0.2, 0) is 32.2 Å². The zero-order chi connectivity index (χ0) is 20.1. The Hall–Kier alpha value is -3.22. The first kappa shape index (κ1) is 19.5. The molecule has 0 fully saturated rings. The molecular weight excluding hydrogens is 363 g/mol. The average molecular weight is 384 g/mol. The molecule has 0 spiro atoms. The summed E-state index contributed by atoms with van der Waals surface area (Å²) in [4.78, 5) is 22.5. The minimum Gasteiger partial charge on any atom is -0.464 e. The number of methoxy groups -OCH3 is 1. The minimum absolute atomic E-state index is 0.0493. The molecule has 1 aliphatic rings. The second kappa shape index (κ2) is 8.65. The van der Waals surface area contributed by atoms with Crippen LogP contribution in [-0.4, -0.2) is 31.6 Å². The second-order valence-corrected chi connectivity index (χ2v) is 6.29. The number of carbonyl (C=O) groups excluding carboxylic acids is 1. The minimum atomic E-state index is -0.611. The number of rotatable bonds is 6. The number of hydrogen-bond donors (Lipinski definition) is 0. The summed E-state index contributed by atoms with van der Waals surface area (Å²) >= 11 is 0. The Morgan fingerprint density at radius 3 is 2.68 bits per heavy atom. The van der Waals surface area contributed by atoms with Gasteiger partial charge < -0.3 is 14.4 Å². The Morgan fingerprint density at radius 1 is 1.14 bits per heavy atom. The van der Waals surface area contributed by atoms with Crippen molar-refractivity contribution in [3.05, 3.63) is 70.0 Å². The van der Waals surface area contributed by atoms with Gasteiger partial charge in [0.05, 0.1) is 12.8 Å². The summed E-state index contributed by atoms with van der Waals surface area (Å²) in [5.74, 6) is -0.831. The lowest BCUT2D eigenvalue weighted by molar-refractivity contribution is -0.132. The molecule has 2 aromatic carbocycles. The molecule has 0 aliphatic heterocycles. The van der Waals surface area contributed by atoms with E-state index in [4.69, 9.17) is 14.4 Å². The van der Waals surface area contributed by atoms with E-state index in [1.165, 1.54) is 20.3 Å². The monoisotopic (exact) mass is 384 g/mol. The molecule has 0 atom stereocenters. The van der Waals surface area contributed by atoms with E-state index in [0.29, 0.717) is 29.7 Å². The van der Waals surface area contributed by atoms with Gasteiger partial charge >= 0.3 is 5.97 Å². The number of benzene rings is 2. The number of aryl methyl sites for hydroxylation is 1. The molecular formula is C21H21FN2O4. The van der Waals surface area contributed by atoms with Crippen LogP contribution >= 0.6 is 0 Å². The van der Waals surface area contributed by atoms with Gasteiger partial charge in [-0.25, -0.2) is 9.18 Å². The normalized spacial score (nSPS) is 14.7. The Morgan fingerprint density at radius 2 is 1.93 bits per heavy atom. The highest BCUT2D eigenvalue weighted by atomic mass is 19.1. The topological polar surface area (TPSA) is 69.5 Å². The van der Waals surface area contributed by atoms with Crippen LogP contribution in [0.4, 0.5) is 4.39 Å². The summed E-state index contributed by atoms with van der Waals surface area (Å²) in [6.45, 7) is 2.02. The van der Waals surface area contributed by atoms with Crippen molar-refractivity contribution in [3.8, 4) is 0 Å². The fourth-order valence-corrected chi connectivity index (χ4v) is 3.23. The lowest BCUT2D eigenvalue weighted by atomic mass is 9.99. The number of halogens is 1.